The number of anilines is 1. The van der Waals surface area contributed by atoms with Crippen LogP contribution in [0.2, 0.25) is 0 Å². The highest BCUT2D eigenvalue weighted by molar-refractivity contribution is 5.87. The molecule has 2 atom stereocenters. The summed E-state index contributed by atoms with van der Waals surface area (Å²) in [4.78, 5) is 56.7. The van der Waals surface area contributed by atoms with Crippen LogP contribution in [0.3, 0.4) is 0 Å². The topological polar surface area (TPSA) is 153 Å². The quantitative estimate of drug-likeness (QED) is 0.231. The van der Waals surface area contributed by atoms with Crippen LogP contribution >= 0.6 is 0 Å². The van der Waals surface area contributed by atoms with Gasteiger partial charge in [0, 0.05) is 32.1 Å². The molecule has 1 aromatic carbocycles. The molecule has 0 saturated carbocycles. The number of rotatable bonds is 13. The van der Waals surface area contributed by atoms with E-state index in [-0.39, 0.29) is 30.9 Å². The maximum Gasteiger partial charge on any atom is 0.413 e. The lowest BCUT2D eigenvalue weighted by molar-refractivity contribution is -0.140. The minimum absolute atomic E-state index is 0.0155. The van der Waals surface area contributed by atoms with E-state index < -0.39 is 23.8 Å². The van der Waals surface area contributed by atoms with Gasteiger partial charge in [-0.05, 0) is 77.6 Å². The van der Waals surface area contributed by atoms with Crippen LogP contribution in [0.1, 0.15) is 65.9 Å². The third kappa shape index (κ3) is 10.4. The van der Waals surface area contributed by atoms with Crippen molar-refractivity contribution in [1.82, 2.24) is 25.1 Å². The number of carbonyl (C=O) groups excluding carboxylic acids is 4. The van der Waals surface area contributed by atoms with E-state index in [9.17, 15) is 19.2 Å². The van der Waals surface area contributed by atoms with Gasteiger partial charge >= 0.3 is 18.2 Å². The third-order valence-electron chi connectivity index (χ3n) is 7.10. The SMILES string of the molecule is CCOC(=O)Nc1nc2cc(CCC(=O)OC)ccc2n1CCC[C@H](NC(=O)OC(C)(C)C)C(=O)N[C@@H]1CCN(CC)C1. The number of hydrogen-bond donors (Lipinski definition) is 3. The van der Waals surface area contributed by atoms with E-state index in [1.54, 1.807) is 27.7 Å². The molecular formula is C30H46N6O7. The van der Waals surface area contributed by atoms with Gasteiger partial charge in [0.2, 0.25) is 11.9 Å². The van der Waals surface area contributed by atoms with E-state index in [2.05, 4.69) is 32.8 Å². The second-order valence-corrected chi connectivity index (χ2v) is 11.6. The molecule has 1 aliphatic heterocycles. The number of amides is 3. The zero-order valence-corrected chi connectivity index (χ0v) is 26.2. The number of likely N-dealkylation sites (tertiary alicyclic amines) is 1. The maximum atomic E-state index is 13.3. The highest BCUT2D eigenvalue weighted by Crippen LogP contribution is 2.23. The largest absolute Gasteiger partial charge is 0.469 e. The smallest absolute Gasteiger partial charge is 0.413 e. The van der Waals surface area contributed by atoms with Gasteiger partial charge in [0.05, 0.1) is 24.8 Å². The van der Waals surface area contributed by atoms with Crippen LogP contribution in [0.15, 0.2) is 18.2 Å². The molecular weight excluding hydrogens is 556 g/mol. The second kappa shape index (κ2) is 15.6. The fraction of sp³-hybridized carbons (Fsp3) is 0.633. The van der Waals surface area contributed by atoms with Crippen LogP contribution in [0, 0.1) is 0 Å². The van der Waals surface area contributed by atoms with Crippen molar-refractivity contribution < 1.29 is 33.4 Å². The summed E-state index contributed by atoms with van der Waals surface area (Å²) < 4.78 is 17.1. The lowest BCUT2D eigenvalue weighted by atomic mass is 10.1. The molecule has 0 unspecified atom stereocenters. The Hall–Kier alpha value is -3.87. The van der Waals surface area contributed by atoms with Gasteiger partial charge in [0.25, 0.3) is 0 Å². The first kappa shape index (κ1) is 33.6. The fourth-order valence-corrected chi connectivity index (χ4v) is 4.97. The van der Waals surface area contributed by atoms with Crippen LogP contribution in [-0.4, -0.2) is 89.5 Å². The highest BCUT2D eigenvalue weighted by atomic mass is 16.6. The molecule has 3 N–H and O–H groups in total. The van der Waals surface area contributed by atoms with Crippen molar-refractivity contribution in [2.45, 2.75) is 91.0 Å². The minimum Gasteiger partial charge on any atom is -0.469 e. The summed E-state index contributed by atoms with van der Waals surface area (Å²) in [5.74, 6) is -0.265. The molecule has 13 nitrogen and oxygen atoms in total. The number of fused-ring (bicyclic) bond motifs is 1. The van der Waals surface area contributed by atoms with Gasteiger partial charge < -0.3 is 34.3 Å². The van der Waals surface area contributed by atoms with Crippen molar-refractivity contribution in [2.24, 2.45) is 0 Å². The normalized spacial score (nSPS) is 16.0. The predicted octanol–water partition coefficient (Wildman–Crippen LogP) is 3.59. The Labute approximate surface area is 253 Å². The zero-order valence-electron chi connectivity index (χ0n) is 26.2. The number of esters is 1. The van der Waals surface area contributed by atoms with Crippen LogP contribution in [0.5, 0.6) is 0 Å². The molecule has 0 bridgehead atoms. The Balaban J connectivity index is 1.77. The first-order valence-electron chi connectivity index (χ1n) is 14.9. The third-order valence-corrected chi connectivity index (χ3v) is 7.10. The number of hydrogen-bond acceptors (Lipinski definition) is 9. The molecule has 3 amide bonds. The summed E-state index contributed by atoms with van der Waals surface area (Å²) in [5, 5.41) is 8.54. The molecule has 3 rings (SSSR count). The Morgan fingerprint density at radius 2 is 1.91 bits per heavy atom. The molecule has 1 saturated heterocycles. The number of aryl methyl sites for hydroxylation is 2. The van der Waals surface area contributed by atoms with Crippen molar-refractivity contribution in [1.29, 1.82) is 0 Å². The molecule has 0 spiro atoms. The van der Waals surface area contributed by atoms with Crippen LogP contribution in [-0.2, 0) is 36.8 Å². The Morgan fingerprint density at radius 3 is 2.56 bits per heavy atom. The highest BCUT2D eigenvalue weighted by Gasteiger charge is 2.29. The van der Waals surface area contributed by atoms with Gasteiger partial charge in [0.15, 0.2) is 0 Å². The number of aromatic nitrogens is 2. The van der Waals surface area contributed by atoms with Crippen LogP contribution < -0.4 is 16.0 Å². The van der Waals surface area contributed by atoms with E-state index in [1.165, 1.54) is 7.11 Å². The van der Waals surface area contributed by atoms with Crippen molar-refractivity contribution in [2.75, 3.05) is 38.7 Å². The molecule has 13 heteroatoms. The Kier molecular flexibility index (Phi) is 12.2. The second-order valence-electron chi connectivity index (χ2n) is 11.6. The van der Waals surface area contributed by atoms with Gasteiger partial charge in [-0.15, -0.1) is 0 Å². The van der Waals surface area contributed by atoms with E-state index >= 15 is 0 Å². The van der Waals surface area contributed by atoms with Crippen LogP contribution in [0.4, 0.5) is 15.5 Å². The number of methoxy groups -OCH3 is 1. The summed E-state index contributed by atoms with van der Waals surface area (Å²) in [5.41, 5.74) is 1.59. The summed E-state index contributed by atoms with van der Waals surface area (Å²) in [6.45, 7) is 12.3. The lowest BCUT2D eigenvalue weighted by Crippen LogP contribution is -2.51. The van der Waals surface area contributed by atoms with Gasteiger partial charge in [-0.1, -0.05) is 13.0 Å². The Morgan fingerprint density at radius 1 is 1.14 bits per heavy atom. The molecule has 1 aromatic heterocycles. The summed E-state index contributed by atoms with van der Waals surface area (Å²) >= 11 is 0. The average Bonchev–Trinajstić information content (AvgIpc) is 3.53. The first-order valence-corrected chi connectivity index (χ1v) is 14.9. The number of likely N-dealkylation sites (N-methyl/N-ethyl adjacent to an activating group) is 1. The minimum atomic E-state index is -0.813. The van der Waals surface area contributed by atoms with E-state index in [4.69, 9.17) is 14.2 Å². The van der Waals surface area contributed by atoms with E-state index in [1.807, 2.05) is 22.8 Å². The van der Waals surface area contributed by atoms with Gasteiger partial charge in [0.1, 0.15) is 11.6 Å². The number of nitrogens with one attached hydrogen (secondary N) is 3. The van der Waals surface area contributed by atoms with E-state index in [0.29, 0.717) is 37.3 Å². The Bertz CT molecular complexity index is 1270. The lowest BCUT2D eigenvalue weighted by Gasteiger charge is -2.24. The van der Waals surface area contributed by atoms with Crippen molar-refractivity contribution in [3.63, 3.8) is 0 Å². The first-order chi connectivity index (χ1) is 20.4. The molecule has 2 heterocycles. The molecule has 0 aliphatic carbocycles. The van der Waals surface area contributed by atoms with Gasteiger partial charge in [-0.3, -0.25) is 14.9 Å². The maximum absolute atomic E-state index is 13.3. The number of nitrogens with zero attached hydrogens (tertiary/aromatic N) is 3. The fourth-order valence-electron chi connectivity index (χ4n) is 4.97. The molecule has 43 heavy (non-hydrogen) atoms. The number of alkyl carbamates (subject to hydrolysis) is 1. The predicted molar refractivity (Wildman–Crippen MR) is 162 cm³/mol. The van der Waals surface area contributed by atoms with E-state index in [0.717, 1.165) is 37.1 Å². The number of benzene rings is 1. The monoisotopic (exact) mass is 602 g/mol. The average molecular weight is 603 g/mol. The van der Waals surface area contributed by atoms with Gasteiger partial charge in [-0.25, -0.2) is 14.6 Å². The van der Waals surface area contributed by atoms with Crippen molar-refractivity contribution in [3.05, 3.63) is 23.8 Å². The summed E-state index contributed by atoms with van der Waals surface area (Å²) in [6.07, 6.45) is 1.09. The standard InChI is InChI=1S/C30H46N6O7/c1-7-35-17-15-21(19-35)31-26(38)22(33-29(40)43-30(3,4)5)10-9-16-36-24-13-11-20(12-14-25(37)41-6)18-23(24)32-27(36)34-28(39)42-8-2/h11,13,18,21-22H,7-10,12,14-17,19H2,1-6H3,(H,31,38)(H,33,40)(H,32,34,39)/t21-,22+/m1/s1. The summed E-state index contributed by atoms with van der Waals surface area (Å²) in [6, 6.07) is 4.85. The van der Waals surface area contributed by atoms with Crippen molar-refractivity contribution >= 4 is 41.0 Å². The molecule has 1 aliphatic rings. The molecule has 238 valence electrons. The molecule has 0 radical (unpaired) electrons. The van der Waals surface area contributed by atoms with Crippen molar-refractivity contribution in [3.8, 4) is 0 Å². The van der Waals surface area contributed by atoms with Crippen LogP contribution in [0.25, 0.3) is 11.0 Å². The summed E-state index contributed by atoms with van der Waals surface area (Å²) in [7, 11) is 1.35. The molecule has 2 aromatic rings. The zero-order chi connectivity index (χ0) is 31.6. The van der Waals surface area contributed by atoms with Gasteiger partial charge in [-0.2, -0.15) is 0 Å². The number of ether oxygens (including phenoxy) is 3. The molecule has 1 fully saturated rings. The number of carbonyl (C=O) groups is 4. The number of imidazole rings is 1.